The van der Waals surface area contributed by atoms with Gasteiger partial charge < -0.3 is 25.4 Å². The van der Waals surface area contributed by atoms with E-state index in [1.807, 2.05) is 60.7 Å². The fourth-order valence-electron chi connectivity index (χ4n) is 5.91. The van der Waals surface area contributed by atoms with Crippen molar-refractivity contribution in [2.45, 2.75) is 107 Å². The van der Waals surface area contributed by atoms with Gasteiger partial charge in [-0.25, -0.2) is 0 Å². The fourth-order valence-corrected chi connectivity index (χ4v) is 6.25. The molecule has 0 bridgehead atoms. The van der Waals surface area contributed by atoms with E-state index < -0.39 is 6.04 Å². The number of nitrogens with one attached hydrogen (secondary N) is 4. The van der Waals surface area contributed by atoms with E-state index >= 15 is 0 Å². The number of carbonyl (C=O) groups excluding carboxylic acids is 9. The Morgan fingerprint density at radius 1 is 0.683 bits per heavy atom. The maximum Gasteiger partial charge on any atom is 0.306 e. The van der Waals surface area contributed by atoms with Crippen LogP contribution >= 0.6 is 28.3 Å². The van der Waals surface area contributed by atoms with Crippen molar-refractivity contribution in [2.75, 3.05) is 19.6 Å². The lowest BCUT2D eigenvalue weighted by Crippen LogP contribution is -2.52. The van der Waals surface area contributed by atoms with Crippen molar-refractivity contribution in [1.82, 2.24) is 26.2 Å². The first kappa shape index (κ1) is 51.1. The van der Waals surface area contributed by atoms with Crippen LogP contribution in [0.2, 0.25) is 0 Å². The quantitative estimate of drug-likeness (QED) is 0.0840. The lowest BCUT2D eigenvalue weighted by molar-refractivity contribution is -0.145. The van der Waals surface area contributed by atoms with Crippen LogP contribution in [0.3, 0.4) is 0 Å². The van der Waals surface area contributed by atoms with E-state index in [4.69, 9.17) is 15.2 Å². The van der Waals surface area contributed by atoms with Gasteiger partial charge in [0.15, 0.2) is 0 Å². The molecule has 7 amide bonds. The van der Waals surface area contributed by atoms with Gasteiger partial charge in [-0.05, 0) is 62.7 Å². The fraction of sp³-hybridized carbons (Fsp3) is 0.488. The molecule has 3 atom stereocenters. The molecule has 3 unspecified atom stereocenters. The average Bonchev–Trinajstić information content (AvgIpc) is 3.66. The second-order valence-electron chi connectivity index (χ2n) is 13.8. The van der Waals surface area contributed by atoms with Crippen LogP contribution in [0.1, 0.15) is 88.2 Å². The first-order valence-corrected chi connectivity index (χ1v) is 20.5. The Kier molecular flexibility index (Phi) is 24.2. The first-order valence-electron chi connectivity index (χ1n) is 19.6. The Balaban J connectivity index is 0.000000287. The number of nitrogens with two attached hydrogens (primary N) is 1. The van der Waals surface area contributed by atoms with Gasteiger partial charge in [-0.15, -0.1) is 12.4 Å². The number of rotatable bonds is 13. The standard InChI is InChI=1S/C16H20N2O4.C11H15NO2.C9H12N2O3.C5H6BrNO2.ClH/c19-14-9-8-13(16(21)18-14)17-10-4-7-15(20)22-11-12-5-2-1-3-6-12;12-8-4-7-11(13)14-9-10-5-2-1-3-6-10;12-7-4-3-6(9(14)10-7)11-5-1-2-8(11)13;6-3-1-2-4(8)7-5(3)9;/h1-3,5-6,13,17H,4,7-11H2,(H,18,19,21);1-3,5-6H,4,7-9,12H2;6H,1-5H2,(H,10,12,14);3H,1-2H2,(H,7,8,9);1H. The van der Waals surface area contributed by atoms with E-state index in [2.05, 4.69) is 37.2 Å². The number of hydrogen-bond donors (Lipinski definition) is 5. The second-order valence-corrected chi connectivity index (χ2v) is 14.9. The molecule has 4 fully saturated rings. The minimum absolute atomic E-state index is 0. The third-order valence-corrected chi connectivity index (χ3v) is 10.00. The summed E-state index contributed by atoms with van der Waals surface area (Å²) in [5.74, 6) is -1.88. The van der Waals surface area contributed by atoms with E-state index in [0.717, 1.165) is 17.5 Å². The third kappa shape index (κ3) is 19.8. The molecule has 0 aromatic heterocycles. The minimum Gasteiger partial charge on any atom is -0.461 e. The number of hydrogen-bond acceptors (Lipinski definition) is 13. The Bertz CT molecular complexity index is 1750. The summed E-state index contributed by atoms with van der Waals surface area (Å²) in [6.07, 6.45) is 6.04. The molecule has 0 saturated carbocycles. The largest absolute Gasteiger partial charge is 0.461 e. The second kappa shape index (κ2) is 28.4. The van der Waals surface area contributed by atoms with Gasteiger partial charge in [0.1, 0.15) is 19.3 Å². The molecular weight excluding hydrogens is 868 g/mol. The van der Waals surface area contributed by atoms with Gasteiger partial charge in [-0.2, -0.15) is 0 Å². The van der Waals surface area contributed by atoms with E-state index in [1.165, 1.54) is 0 Å². The number of esters is 2. The molecule has 0 radical (unpaired) electrons. The number of nitrogens with zero attached hydrogens (tertiary/aromatic N) is 1. The van der Waals surface area contributed by atoms with Gasteiger partial charge in [0.2, 0.25) is 41.4 Å². The minimum atomic E-state index is -0.414. The topological polar surface area (TPSA) is 249 Å². The Morgan fingerprint density at radius 3 is 1.65 bits per heavy atom. The molecule has 4 aliphatic heterocycles. The predicted octanol–water partition coefficient (Wildman–Crippen LogP) is 2.40. The SMILES string of the molecule is Cl.NCCCC(=O)OCc1ccccc1.O=C1CCC(Br)C(=O)N1.O=C1CCC(N2CCCC2=O)C(=O)N1.O=C1CCC(NCCCC(=O)OCc2ccccc2)C(=O)N1. The maximum atomic E-state index is 11.6. The van der Waals surface area contributed by atoms with Crippen LogP contribution in [0.4, 0.5) is 0 Å². The average molecular weight is 922 g/mol. The third-order valence-electron chi connectivity index (χ3n) is 9.13. The number of imide groups is 3. The summed E-state index contributed by atoms with van der Waals surface area (Å²) in [5.41, 5.74) is 7.24. The van der Waals surface area contributed by atoms with E-state index in [-0.39, 0.29) is 83.2 Å². The monoisotopic (exact) mass is 920 g/mol. The number of carbonyl (C=O) groups is 9. The first-order chi connectivity index (χ1) is 28.4. The number of amides is 7. The van der Waals surface area contributed by atoms with Crippen LogP contribution in [-0.4, -0.2) is 94.7 Å². The molecule has 19 heteroatoms. The summed E-state index contributed by atoms with van der Waals surface area (Å²) in [5, 5.41) is 9.79. The lowest BCUT2D eigenvalue weighted by atomic mass is 10.1. The summed E-state index contributed by atoms with van der Waals surface area (Å²) in [6, 6.07) is 18.4. The molecule has 6 N–H and O–H groups in total. The summed E-state index contributed by atoms with van der Waals surface area (Å²) in [6.45, 7) is 2.34. The van der Waals surface area contributed by atoms with Crippen molar-refractivity contribution in [3.05, 3.63) is 71.8 Å². The van der Waals surface area contributed by atoms with Gasteiger partial charge in [-0.3, -0.25) is 59.1 Å². The Hall–Kier alpha value is -5.04. The van der Waals surface area contributed by atoms with Gasteiger partial charge >= 0.3 is 11.9 Å². The van der Waals surface area contributed by atoms with Crippen LogP contribution in [-0.2, 0) is 65.8 Å². The molecule has 2 aromatic rings. The van der Waals surface area contributed by atoms with Crippen molar-refractivity contribution in [1.29, 1.82) is 0 Å². The maximum absolute atomic E-state index is 11.6. The van der Waals surface area contributed by atoms with Crippen molar-refractivity contribution in [3.8, 4) is 0 Å². The summed E-state index contributed by atoms with van der Waals surface area (Å²) in [7, 11) is 0. The number of likely N-dealkylation sites (tertiary alicyclic amines) is 1. The molecule has 6 rings (SSSR count). The van der Waals surface area contributed by atoms with Crippen LogP contribution < -0.4 is 27.0 Å². The molecule has 328 valence electrons. The van der Waals surface area contributed by atoms with Gasteiger partial charge in [0.25, 0.3) is 0 Å². The van der Waals surface area contributed by atoms with Crippen LogP contribution in [0, 0.1) is 0 Å². The highest BCUT2D eigenvalue weighted by Gasteiger charge is 2.36. The molecule has 4 aliphatic rings. The zero-order valence-electron chi connectivity index (χ0n) is 33.3. The van der Waals surface area contributed by atoms with Gasteiger partial charge in [-0.1, -0.05) is 76.6 Å². The number of alkyl halides is 1. The molecule has 2 aromatic carbocycles. The number of piperidine rings is 3. The van der Waals surface area contributed by atoms with E-state index in [9.17, 15) is 43.2 Å². The van der Waals surface area contributed by atoms with Crippen molar-refractivity contribution < 1.29 is 52.6 Å². The molecule has 0 aliphatic carbocycles. The molecule has 60 heavy (non-hydrogen) atoms. The summed E-state index contributed by atoms with van der Waals surface area (Å²) in [4.78, 5) is 101. The zero-order chi connectivity index (χ0) is 43.0. The molecular formula is C41H54BrClN6O11. The Labute approximate surface area is 363 Å². The molecule has 4 saturated heterocycles. The highest BCUT2D eigenvalue weighted by Crippen LogP contribution is 2.19. The van der Waals surface area contributed by atoms with Crippen LogP contribution in [0.15, 0.2) is 60.7 Å². The summed E-state index contributed by atoms with van der Waals surface area (Å²) >= 11 is 3.12. The van der Waals surface area contributed by atoms with Crippen molar-refractivity contribution in [2.24, 2.45) is 5.73 Å². The van der Waals surface area contributed by atoms with E-state index in [0.29, 0.717) is 96.9 Å². The normalized spacial score (nSPS) is 19.6. The number of benzene rings is 2. The van der Waals surface area contributed by atoms with Gasteiger partial charge in [0, 0.05) is 45.1 Å². The summed E-state index contributed by atoms with van der Waals surface area (Å²) < 4.78 is 10.2. The van der Waals surface area contributed by atoms with Crippen molar-refractivity contribution in [3.63, 3.8) is 0 Å². The Morgan fingerprint density at radius 2 is 1.18 bits per heavy atom. The zero-order valence-corrected chi connectivity index (χ0v) is 35.7. The molecule has 17 nitrogen and oxygen atoms in total. The van der Waals surface area contributed by atoms with Gasteiger partial charge in [0.05, 0.1) is 10.9 Å². The predicted molar refractivity (Wildman–Crippen MR) is 224 cm³/mol. The number of ether oxygens (including phenoxy) is 2. The molecule has 4 heterocycles. The smallest absolute Gasteiger partial charge is 0.306 e. The number of halogens is 2. The lowest BCUT2D eigenvalue weighted by Gasteiger charge is -2.29. The van der Waals surface area contributed by atoms with Crippen LogP contribution in [0.25, 0.3) is 0 Å². The van der Waals surface area contributed by atoms with Crippen molar-refractivity contribution >= 4 is 81.6 Å². The van der Waals surface area contributed by atoms with E-state index in [1.54, 1.807) is 4.90 Å². The molecule has 0 spiro atoms. The highest BCUT2D eigenvalue weighted by molar-refractivity contribution is 9.10. The highest BCUT2D eigenvalue weighted by atomic mass is 79.9. The van der Waals surface area contributed by atoms with Crippen LogP contribution in [0.5, 0.6) is 0 Å².